The molecule has 0 saturated heterocycles. The fourth-order valence-corrected chi connectivity index (χ4v) is 3.74. The molecule has 0 saturated carbocycles. The Morgan fingerprint density at radius 3 is 3.00 bits per heavy atom. The molecule has 3 aromatic rings. The molecule has 2 aromatic heterocycles. The molecule has 0 spiro atoms. The van der Waals surface area contributed by atoms with Gasteiger partial charge in [-0.2, -0.15) is 0 Å². The average molecular weight is 384 g/mol. The number of aromatic nitrogens is 2. The number of thioether (sulfide) groups is 1. The highest BCUT2D eigenvalue weighted by atomic mass is 35.5. The lowest BCUT2D eigenvalue weighted by molar-refractivity contribution is -0.113. The normalized spacial score (nSPS) is 11.0. The number of amides is 1. The number of halogens is 2. The highest BCUT2D eigenvalue weighted by molar-refractivity contribution is 7.99. The van der Waals surface area contributed by atoms with Gasteiger partial charge in [-0.25, -0.2) is 9.37 Å². The summed E-state index contributed by atoms with van der Waals surface area (Å²) in [5, 5.41) is 4.94. The van der Waals surface area contributed by atoms with E-state index in [9.17, 15) is 14.0 Å². The number of hydrogen-bond acceptors (Lipinski definition) is 5. The van der Waals surface area contributed by atoms with E-state index in [-0.39, 0.29) is 22.0 Å². The Morgan fingerprint density at radius 1 is 1.46 bits per heavy atom. The van der Waals surface area contributed by atoms with Crippen molar-refractivity contribution in [3.05, 3.63) is 50.8 Å². The van der Waals surface area contributed by atoms with Crippen molar-refractivity contribution in [2.45, 2.75) is 5.16 Å². The molecule has 0 fully saturated rings. The summed E-state index contributed by atoms with van der Waals surface area (Å²) in [7, 11) is 1.60. The SMILES string of the molecule is Cn1c(SCC(=O)Nc2ccc(Cl)cc2F)nc2ccsc2c1=O. The van der Waals surface area contributed by atoms with Crippen LogP contribution >= 0.6 is 34.7 Å². The van der Waals surface area contributed by atoms with Crippen LogP contribution in [0, 0.1) is 5.82 Å². The molecule has 24 heavy (non-hydrogen) atoms. The highest BCUT2D eigenvalue weighted by Crippen LogP contribution is 2.22. The molecule has 2 heterocycles. The van der Waals surface area contributed by atoms with E-state index < -0.39 is 11.7 Å². The first kappa shape index (κ1) is 16.9. The minimum Gasteiger partial charge on any atom is -0.323 e. The Kier molecular flexibility index (Phi) is 4.88. The summed E-state index contributed by atoms with van der Waals surface area (Å²) >= 11 is 8.11. The van der Waals surface area contributed by atoms with Crippen LogP contribution in [0.1, 0.15) is 0 Å². The van der Waals surface area contributed by atoms with Crippen molar-refractivity contribution in [2.24, 2.45) is 7.05 Å². The van der Waals surface area contributed by atoms with Crippen LogP contribution in [-0.2, 0) is 11.8 Å². The predicted molar refractivity (Wildman–Crippen MR) is 95.6 cm³/mol. The Balaban J connectivity index is 1.72. The van der Waals surface area contributed by atoms with E-state index in [4.69, 9.17) is 11.6 Å². The molecule has 0 bridgehead atoms. The first-order valence-electron chi connectivity index (χ1n) is 6.77. The van der Waals surface area contributed by atoms with Gasteiger partial charge in [0.05, 0.1) is 17.0 Å². The summed E-state index contributed by atoms with van der Waals surface area (Å²) in [5.74, 6) is -1.01. The summed E-state index contributed by atoms with van der Waals surface area (Å²) in [6, 6.07) is 5.77. The fourth-order valence-electron chi connectivity index (χ4n) is 2.00. The molecular formula is C15H11ClFN3O2S2. The van der Waals surface area contributed by atoms with Crippen LogP contribution < -0.4 is 10.9 Å². The molecule has 0 aliphatic carbocycles. The number of hydrogen-bond donors (Lipinski definition) is 1. The third kappa shape index (κ3) is 3.45. The van der Waals surface area contributed by atoms with Crippen molar-refractivity contribution >= 4 is 56.5 Å². The summed E-state index contributed by atoms with van der Waals surface area (Å²) in [6.07, 6.45) is 0. The van der Waals surface area contributed by atoms with Gasteiger partial charge in [-0.05, 0) is 29.6 Å². The molecule has 0 atom stereocenters. The summed E-state index contributed by atoms with van der Waals surface area (Å²) in [5.41, 5.74) is 0.511. The van der Waals surface area contributed by atoms with Gasteiger partial charge in [0.25, 0.3) is 5.56 Å². The zero-order valence-electron chi connectivity index (χ0n) is 12.4. The van der Waals surface area contributed by atoms with E-state index >= 15 is 0 Å². The molecule has 0 radical (unpaired) electrons. The van der Waals surface area contributed by atoms with Crippen LogP contribution in [0.4, 0.5) is 10.1 Å². The van der Waals surface area contributed by atoms with E-state index in [0.29, 0.717) is 15.4 Å². The van der Waals surface area contributed by atoms with E-state index in [1.807, 2.05) is 0 Å². The van der Waals surface area contributed by atoms with Gasteiger partial charge in [0.2, 0.25) is 5.91 Å². The third-order valence-electron chi connectivity index (χ3n) is 3.18. The summed E-state index contributed by atoms with van der Waals surface area (Å²) in [6.45, 7) is 0. The number of carbonyl (C=O) groups excluding carboxylic acids is 1. The van der Waals surface area contributed by atoms with Crippen LogP contribution in [0.2, 0.25) is 5.02 Å². The van der Waals surface area contributed by atoms with Gasteiger partial charge in [-0.1, -0.05) is 23.4 Å². The lowest BCUT2D eigenvalue weighted by Gasteiger charge is -2.08. The monoisotopic (exact) mass is 383 g/mol. The van der Waals surface area contributed by atoms with Crippen molar-refractivity contribution in [3.63, 3.8) is 0 Å². The molecular weight excluding hydrogens is 373 g/mol. The van der Waals surface area contributed by atoms with Gasteiger partial charge in [0.1, 0.15) is 10.5 Å². The smallest absolute Gasteiger partial charge is 0.271 e. The number of nitrogens with zero attached hydrogens (tertiary/aromatic N) is 2. The van der Waals surface area contributed by atoms with Crippen molar-refractivity contribution in [1.29, 1.82) is 0 Å². The van der Waals surface area contributed by atoms with Crippen molar-refractivity contribution < 1.29 is 9.18 Å². The Hall–Kier alpha value is -1.90. The minimum absolute atomic E-state index is 0.00199. The second-order valence-corrected chi connectivity index (χ2v) is 7.15. The van der Waals surface area contributed by atoms with Crippen LogP contribution in [0.3, 0.4) is 0 Å². The minimum atomic E-state index is -0.605. The molecule has 1 N–H and O–H groups in total. The van der Waals surface area contributed by atoms with Gasteiger partial charge in [-0.15, -0.1) is 11.3 Å². The summed E-state index contributed by atoms with van der Waals surface area (Å²) in [4.78, 5) is 28.5. The maximum atomic E-state index is 13.7. The van der Waals surface area contributed by atoms with Crippen LogP contribution in [0.25, 0.3) is 10.2 Å². The maximum absolute atomic E-state index is 13.7. The van der Waals surface area contributed by atoms with Gasteiger partial charge < -0.3 is 5.32 Å². The molecule has 1 aromatic carbocycles. The largest absolute Gasteiger partial charge is 0.323 e. The van der Waals surface area contributed by atoms with E-state index in [2.05, 4.69) is 10.3 Å². The lowest BCUT2D eigenvalue weighted by Crippen LogP contribution is -2.20. The van der Waals surface area contributed by atoms with Crippen molar-refractivity contribution in [2.75, 3.05) is 11.1 Å². The molecule has 124 valence electrons. The lowest BCUT2D eigenvalue weighted by atomic mass is 10.3. The van der Waals surface area contributed by atoms with Gasteiger partial charge in [0, 0.05) is 12.1 Å². The number of fused-ring (bicyclic) bond motifs is 1. The molecule has 5 nitrogen and oxygen atoms in total. The Morgan fingerprint density at radius 2 is 2.25 bits per heavy atom. The fraction of sp³-hybridized carbons (Fsp3) is 0.133. The predicted octanol–water partition coefficient (Wildman–Crippen LogP) is 3.52. The Labute approximate surface area is 149 Å². The first-order chi connectivity index (χ1) is 11.5. The average Bonchev–Trinajstić information content (AvgIpc) is 3.01. The molecule has 9 heteroatoms. The topological polar surface area (TPSA) is 64.0 Å². The number of benzene rings is 1. The van der Waals surface area contributed by atoms with Gasteiger partial charge in [0.15, 0.2) is 5.16 Å². The summed E-state index contributed by atoms with van der Waals surface area (Å²) < 4.78 is 15.6. The quantitative estimate of drug-likeness (QED) is 0.553. The van der Waals surface area contributed by atoms with Crippen molar-refractivity contribution in [3.8, 4) is 0 Å². The van der Waals surface area contributed by atoms with E-state index in [1.165, 1.54) is 28.0 Å². The number of carbonyl (C=O) groups is 1. The highest BCUT2D eigenvalue weighted by Gasteiger charge is 2.13. The van der Waals surface area contributed by atoms with Crippen LogP contribution in [0.15, 0.2) is 39.6 Å². The standard InChI is InChI=1S/C15H11ClFN3O2S2/c1-20-14(22)13-11(4-5-23-13)19-15(20)24-7-12(21)18-10-3-2-8(16)6-9(10)17/h2-6H,7H2,1H3,(H,18,21). The van der Waals surface area contributed by atoms with E-state index in [1.54, 1.807) is 18.5 Å². The molecule has 1 amide bonds. The molecule has 0 aliphatic heterocycles. The zero-order chi connectivity index (χ0) is 17.3. The second kappa shape index (κ2) is 6.92. The maximum Gasteiger partial charge on any atom is 0.271 e. The van der Waals surface area contributed by atoms with Crippen LogP contribution in [-0.4, -0.2) is 21.2 Å². The third-order valence-corrected chi connectivity index (χ3v) is 5.34. The number of rotatable bonds is 4. The number of nitrogens with one attached hydrogen (secondary N) is 1. The van der Waals surface area contributed by atoms with Crippen LogP contribution in [0.5, 0.6) is 0 Å². The zero-order valence-corrected chi connectivity index (χ0v) is 14.8. The van der Waals surface area contributed by atoms with Gasteiger partial charge >= 0.3 is 0 Å². The molecule has 0 unspecified atom stereocenters. The second-order valence-electron chi connectivity index (χ2n) is 4.85. The van der Waals surface area contributed by atoms with Gasteiger partial charge in [-0.3, -0.25) is 14.2 Å². The number of thiophene rings is 1. The Bertz CT molecular complexity index is 986. The van der Waals surface area contributed by atoms with Crippen molar-refractivity contribution in [1.82, 2.24) is 9.55 Å². The first-order valence-corrected chi connectivity index (χ1v) is 9.02. The van der Waals surface area contributed by atoms with E-state index in [0.717, 1.165) is 17.8 Å². The molecule has 0 aliphatic rings. The number of anilines is 1. The molecule has 3 rings (SSSR count).